The zero-order valence-corrected chi connectivity index (χ0v) is 61.1. The number of aromatic hydroxyl groups is 2. The van der Waals surface area contributed by atoms with E-state index < -0.39 is 108 Å². The first-order chi connectivity index (χ1) is 52.9. The number of hydrogen-bond donors (Lipinski definition) is 21. The van der Waals surface area contributed by atoms with E-state index in [9.17, 15) is 53.4 Å². The van der Waals surface area contributed by atoms with Gasteiger partial charge in [0.1, 0.15) is 65.9 Å². The smallest absolute Gasteiger partial charge is 0.340 e. The number of phenolic OH excluding ortho intramolecular Hbond substituents is 2. The highest BCUT2D eigenvalue weighted by molar-refractivity contribution is 7.80. The largest absolute Gasteiger partial charge is 0.508 e. The van der Waals surface area contributed by atoms with Gasteiger partial charge in [0.2, 0.25) is 47.3 Å². The summed E-state index contributed by atoms with van der Waals surface area (Å²) in [7, 11) is 0. The van der Waals surface area contributed by atoms with Crippen molar-refractivity contribution >= 4 is 105 Å². The van der Waals surface area contributed by atoms with Crippen molar-refractivity contribution in [3.63, 3.8) is 0 Å². The number of nitrogens with two attached hydrogens (primary N) is 3. The Balaban J connectivity index is 0.924. The van der Waals surface area contributed by atoms with Crippen molar-refractivity contribution in [3.05, 3.63) is 161 Å². The van der Waals surface area contributed by atoms with Crippen molar-refractivity contribution in [2.24, 2.45) is 17.2 Å². The molecular formula is C75H93N19O15S. The summed E-state index contributed by atoms with van der Waals surface area (Å²) in [5.74, 6) is -7.79. The molecule has 8 amide bonds. The molecule has 34 nitrogen and oxygen atoms in total. The van der Waals surface area contributed by atoms with Crippen LogP contribution in [0.2, 0.25) is 0 Å². The Morgan fingerprint density at radius 1 is 0.473 bits per heavy atom. The number of guanidine groups is 3. The summed E-state index contributed by atoms with van der Waals surface area (Å²) < 4.78 is 23.7. The van der Waals surface area contributed by atoms with Crippen molar-refractivity contribution in [3.8, 4) is 23.0 Å². The Kier molecular flexibility index (Phi) is 29.7. The maximum atomic E-state index is 14.8. The SMILES string of the molecule is N=C(N)NCCC[C@@H]1NC(=O)CNC(=O)[C@H](Cc2ccc3ccccc3c2)NC(=O)[C@H](Cc2ccccc2)NC(=O)COCCOCCNC(=O)[C@H](CCCCNC(=S)Nc2ccc3c(c2)C(=O)OC32c3ccc(O)cc3Oc3cc(O)ccc32)NC(=O)[C@H](CCCNC(=N)N)NC(=O)[C@H](CCCNC(=N)N)NC1=O. The average molecular weight is 1530 g/mol. The van der Waals surface area contributed by atoms with Gasteiger partial charge in [-0.3, -0.25) is 54.6 Å². The topological polar surface area (TPSA) is 537 Å². The number of anilines is 1. The minimum Gasteiger partial charge on any atom is -0.508 e. The zero-order valence-electron chi connectivity index (χ0n) is 60.3. The number of phenols is 2. The van der Waals surface area contributed by atoms with Gasteiger partial charge in [-0.1, -0.05) is 78.9 Å². The predicted octanol–water partition coefficient (Wildman–Crippen LogP) is 0.739. The van der Waals surface area contributed by atoms with Crippen LogP contribution < -0.4 is 91.1 Å². The van der Waals surface area contributed by atoms with Crippen molar-refractivity contribution in [2.75, 3.05) is 71.0 Å². The minimum absolute atomic E-state index is 0.00573. The van der Waals surface area contributed by atoms with Crippen molar-refractivity contribution in [1.29, 1.82) is 16.2 Å². The van der Waals surface area contributed by atoms with Gasteiger partial charge < -0.3 is 115 Å². The Labute approximate surface area is 638 Å². The highest BCUT2D eigenvalue weighted by atomic mass is 32.1. The van der Waals surface area contributed by atoms with Gasteiger partial charge in [0, 0.05) is 80.1 Å². The van der Waals surface area contributed by atoms with Gasteiger partial charge in [0.05, 0.1) is 31.9 Å². The Hall–Kier alpha value is -12.4. The van der Waals surface area contributed by atoms with Gasteiger partial charge in [-0.05, 0) is 128 Å². The van der Waals surface area contributed by atoms with Crippen molar-refractivity contribution < 1.29 is 72.3 Å². The standard InChI is InChI=1S/C75H93N19O15S/c76-71(77)83-28-8-16-55-66(101)92-57(18-10-30-85-73(80)81)68(103)93-56(17-9-29-84-72(78)79)67(102)91-54(15-6-7-27-86-74(110)88-47-21-24-51-50(38-47)70(105)109-75(51)52-25-22-48(95)39-60(52)108-61-40-49(96)23-26-53(61)75)64(99)82-31-32-106-33-34-107-42-63(98)90-59(36-43-11-2-1-3-12-43)69(104)94-58(65(100)87-41-62(97)89-55)37-44-19-20-45-13-4-5-14-46(45)35-44/h1-5,11-14,19-26,35,38-40,54-59,95-96H,6-10,15-18,27-34,36-37,41-42H2,(H,82,99)(H,87,100)(H,89,97)(H,90,98)(H,91,102)(H,92,101)(H,93,103)(H,94,104)(H4,76,77,83)(H4,78,79,84)(H4,80,81,85)(H2,86,88,110)/t54-,55-,56-,57-,58-,59-/m0/s1. The molecule has 1 saturated heterocycles. The second-order valence-electron chi connectivity index (χ2n) is 26.4. The van der Waals surface area contributed by atoms with Crippen molar-refractivity contribution in [2.45, 2.75) is 112 Å². The molecular weight excluding hydrogens is 1440 g/mol. The molecule has 0 aliphatic carbocycles. The summed E-state index contributed by atoms with van der Waals surface area (Å²) in [5, 5.41) is 81.8. The van der Waals surface area contributed by atoms with E-state index in [4.69, 9.17) is 64.6 Å². The van der Waals surface area contributed by atoms with Gasteiger partial charge >= 0.3 is 5.97 Å². The monoisotopic (exact) mass is 1530 g/mol. The molecule has 0 saturated carbocycles. The molecule has 3 heterocycles. The number of benzene rings is 6. The van der Waals surface area contributed by atoms with Gasteiger partial charge in [0.15, 0.2) is 28.6 Å². The van der Waals surface area contributed by atoms with Gasteiger partial charge in [-0.25, -0.2) is 4.79 Å². The summed E-state index contributed by atoms with van der Waals surface area (Å²) in [6, 6.07) is 27.7. The number of thiocarbonyl (C=S) groups is 1. The van der Waals surface area contributed by atoms with Crippen molar-refractivity contribution in [1.82, 2.24) is 63.8 Å². The molecule has 0 bridgehead atoms. The minimum atomic E-state index is -1.49. The summed E-state index contributed by atoms with van der Waals surface area (Å²) in [6.45, 7) is -1.05. The lowest BCUT2D eigenvalue weighted by molar-refractivity contribution is -0.135. The van der Waals surface area contributed by atoms with Gasteiger partial charge in [-0.15, -0.1) is 0 Å². The summed E-state index contributed by atoms with van der Waals surface area (Å²) in [5.41, 5.74) is 18.6. The average Bonchev–Trinajstić information content (AvgIpc) is 1.50. The molecule has 584 valence electrons. The molecule has 6 aromatic carbocycles. The lowest BCUT2D eigenvalue weighted by atomic mass is 9.77. The third-order valence-electron chi connectivity index (χ3n) is 18.1. The van der Waals surface area contributed by atoms with E-state index in [-0.39, 0.29) is 162 Å². The first kappa shape index (κ1) is 81.7. The number of hydrogen-bond acceptors (Lipinski definition) is 19. The van der Waals surface area contributed by atoms with Crippen LogP contribution >= 0.6 is 12.2 Å². The number of carbonyl (C=O) groups is 9. The molecule has 3 aliphatic rings. The van der Waals surface area contributed by atoms with Gasteiger partial charge in [0.25, 0.3) is 0 Å². The molecule has 1 spiro atoms. The van der Waals surface area contributed by atoms with Crippen LogP contribution in [0.1, 0.15) is 96.0 Å². The number of nitrogens with one attached hydrogen (secondary N) is 16. The van der Waals surface area contributed by atoms with Crippen LogP contribution in [0.3, 0.4) is 0 Å². The normalized spacial score (nSPS) is 19.5. The fourth-order valence-electron chi connectivity index (χ4n) is 12.8. The second-order valence-corrected chi connectivity index (χ2v) is 26.8. The fourth-order valence-corrected chi connectivity index (χ4v) is 13.0. The third-order valence-corrected chi connectivity index (χ3v) is 18.4. The van der Waals surface area contributed by atoms with Crippen LogP contribution in [0.25, 0.3) is 10.8 Å². The highest BCUT2D eigenvalue weighted by Crippen LogP contribution is 2.57. The number of unbranched alkanes of at least 4 members (excludes halogenated alkanes) is 1. The van der Waals surface area contributed by atoms with E-state index in [1.165, 1.54) is 24.3 Å². The van der Waals surface area contributed by atoms with E-state index in [0.29, 0.717) is 46.3 Å². The molecule has 3 aliphatic heterocycles. The quantitative estimate of drug-likeness (QED) is 0.0146. The molecule has 6 atom stereocenters. The number of esters is 1. The van der Waals surface area contributed by atoms with Crippen LogP contribution in [0, 0.1) is 16.2 Å². The predicted molar refractivity (Wildman–Crippen MR) is 411 cm³/mol. The zero-order chi connectivity index (χ0) is 78.7. The molecule has 9 rings (SSSR count). The molecule has 110 heavy (non-hydrogen) atoms. The maximum absolute atomic E-state index is 14.8. The number of ether oxygens (including phenoxy) is 4. The van der Waals surface area contributed by atoms with Crippen LogP contribution in [-0.4, -0.2) is 188 Å². The second kappa shape index (κ2) is 40.0. The lowest BCUT2D eigenvalue weighted by Gasteiger charge is -2.36. The number of carbonyl (C=O) groups excluding carboxylic acids is 9. The molecule has 24 N–H and O–H groups in total. The summed E-state index contributed by atoms with van der Waals surface area (Å²) >= 11 is 5.68. The molecule has 0 aromatic heterocycles. The Morgan fingerprint density at radius 3 is 1.57 bits per heavy atom. The molecule has 35 heteroatoms. The maximum Gasteiger partial charge on any atom is 0.340 e. The number of rotatable bonds is 22. The molecule has 1 fully saturated rings. The Bertz CT molecular complexity index is 4310. The first-order valence-corrected chi connectivity index (χ1v) is 36.4. The number of fused-ring (bicyclic) bond motifs is 7. The van der Waals surface area contributed by atoms with Crippen LogP contribution in [0.4, 0.5) is 5.69 Å². The molecule has 0 unspecified atom stereocenters. The Morgan fingerprint density at radius 2 is 0.964 bits per heavy atom. The summed E-state index contributed by atoms with van der Waals surface area (Å²) in [6.07, 6.45) is 0.667. The van der Waals surface area contributed by atoms with E-state index in [1.807, 2.05) is 36.4 Å². The number of amides is 8. The lowest BCUT2D eigenvalue weighted by Crippen LogP contribution is -2.59. The fraction of sp³-hybridized carbons (Fsp3) is 0.373. The van der Waals surface area contributed by atoms with E-state index in [0.717, 1.165) is 10.8 Å². The third kappa shape index (κ3) is 23.6. The van der Waals surface area contributed by atoms with Crippen LogP contribution in [0.15, 0.2) is 127 Å². The van der Waals surface area contributed by atoms with Crippen LogP contribution in [0.5, 0.6) is 23.0 Å². The molecule has 6 aromatic rings. The summed E-state index contributed by atoms with van der Waals surface area (Å²) in [4.78, 5) is 129. The molecule has 0 radical (unpaired) electrons. The van der Waals surface area contributed by atoms with E-state index >= 15 is 0 Å². The first-order valence-electron chi connectivity index (χ1n) is 36.0. The van der Waals surface area contributed by atoms with Crippen LogP contribution in [-0.2, 0) is 71.0 Å². The van der Waals surface area contributed by atoms with E-state index in [2.05, 4.69) is 69.1 Å². The van der Waals surface area contributed by atoms with E-state index in [1.54, 1.807) is 66.7 Å². The highest BCUT2D eigenvalue weighted by Gasteiger charge is 2.54. The van der Waals surface area contributed by atoms with Gasteiger partial charge in [-0.2, -0.15) is 0 Å².